The fourth-order valence-electron chi connectivity index (χ4n) is 1.77. The Hall–Kier alpha value is -0.660. The van der Waals surface area contributed by atoms with Crippen molar-refractivity contribution in [1.82, 2.24) is 5.32 Å². The molecular formula is C10H20N2O4S. The van der Waals surface area contributed by atoms with Crippen molar-refractivity contribution in [3.05, 3.63) is 0 Å². The Morgan fingerprint density at radius 1 is 1.59 bits per heavy atom. The Morgan fingerprint density at radius 2 is 2.24 bits per heavy atom. The standard InChI is InChI=1S/C10H20N2O4S/c1-7(13)9(11)5-12-10(14)4-8-2-3-17(15,16)6-8/h7-9,13H,2-6,11H2,1H3,(H,12,14). The lowest BCUT2D eigenvalue weighted by Gasteiger charge is -2.16. The summed E-state index contributed by atoms with van der Waals surface area (Å²) in [7, 11) is -2.93. The van der Waals surface area contributed by atoms with E-state index in [0.717, 1.165) is 0 Å². The number of amides is 1. The van der Waals surface area contributed by atoms with Gasteiger partial charge in [-0.2, -0.15) is 0 Å². The van der Waals surface area contributed by atoms with Crippen LogP contribution in [0.2, 0.25) is 0 Å². The maximum atomic E-state index is 11.5. The first-order chi connectivity index (χ1) is 7.80. The average molecular weight is 264 g/mol. The number of aliphatic hydroxyl groups excluding tert-OH is 1. The van der Waals surface area contributed by atoms with E-state index < -0.39 is 22.0 Å². The van der Waals surface area contributed by atoms with Crippen LogP contribution in [-0.2, 0) is 14.6 Å². The van der Waals surface area contributed by atoms with Gasteiger partial charge in [0.25, 0.3) is 0 Å². The molecule has 3 unspecified atom stereocenters. The highest BCUT2D eigenvalue weighted by atomic mass is 32.2. The third-order valence-corrected chi connectivity index (χ3v) is 4.79. The molecule has 1 heterocycles. The van der Waals surface area contributed by atoms with Crippen LogP contribution in [-0.4, -0.2) is 49.6 Å². The molecule has 4 N–H and O–H groups in total. The molecule has 6 nitrogen and oxygen atoms in total. The van der Waals surface area contributed by atoms with E-state index >= 15 is 0 Å². The van der Waals surface area contributed by atoms with Gasteiger partial charge in [-0.25, -0.2) is 8.42 Å². The van der Waals surface area contributed by atoms with Crippen LogP contribution in [0.5, 0.6) is 0 Å². The molecule has 1 aliphatic heterocycles. The van der Waals surface area contributed by atoms with Crippen LogP contribution in [0.15, 0.2) is 0 Å². The highest BCUT2D eigenvalue weighted by Gasteiger charge is 2.29. The lowest BCUT2D eigenvalue weighted by atomic mass is 10.0. The maximum absolute atomic E-state index is 11.5. The van der Waals surface area contributed by atoms with Crippen molar-refractivity contribution in [1.29, 1.82) is 0 Å². The molecule has 0 bridgehead atoms. The molecule has 0 aromatic heterocycles. The van der Waals surface area contributed by atoms with Crippen molar-refractivity contribution in [3.63, 3.8) is 0 Å². The largest absolute Gasteiger partial charge is 0.392 e. The van der Waals surface area contributed by atoms with E-state index in [4.69, 9.17) is 10.8 Å². The molecule has 0 spiro atoms. The fourth-order valence-corrected chi connectivity index (χ4v) is 3.63. The van der Waals surface area contributed by atoms with Crippen LogP contribution in [0.1, 0.15) is 19.8 Å². The van der Waals surface area contributed by atoms with Crippen molar-refractivity contribution in [2.45, 2.75) is 31.9 Å². The number of carbonyl (C=O) groups is 1. The van der Waals surface area contributed by atoms with Gasteiger partial charge in [0.05, 0.1) is 17.6 Å². The summed E-state index contributed by atoms with van der Waals surface area (Å²) in [5, 5.41) is 11.7. The topological polar surface area (TPSA) is 109 Å². The normalized spacial score (nSPS) is 26.4. The number of sulfone groups is 1. The number of hydrogen-bond donors (Lipinski definition) is 3. The summed E-state index contributed by atoms with van der Waals surface area (Å²) in [6, 6.07) is -0.494. The summed E-state index contributed by atoms with van der Waals surface area (Å²) >= 11 is 0. The number of carbonyl (C=O) groups excluding carboxylic acids is 1. The predicted octanol–water partition coefficient (Wildman–Crippen LogP) is -1.36. The van der Waals surface area contributed by atoms with Gasteiger partial charge in [0.1, 0.15) is 0 Å². The number of hydrogen-bond acceptors (Lipinski definition) is 5. The summed E-state index contributed by atoms with van der Waals surface area (Å²) in [6.45, 7) is 1.76. The van der Waals surface area contributed by atoms with E-state index in [1.807, 2.05) is 0 Å². The molecule has 7 heteroatoms. The molecule has 1 aliphatic rings. The third-order valence-electron chi connectivity index (χ3n) is 2.96. The van der Waals surface area contributed by atoms with Gasteiger partial charge in [-0.3, -0.25) is 4.79 Å². The summed E-state index contributed by atoms with van der Waals surface area (Å²) < 4.78 is 22.4. The van der Waals surface area contributed by atoms with Crippen LogP contribution < -0.4 is 11.1 Å². The van der Waals surface area contributed by atoms with Gasteiger partial charge in [-0.1, -0.05) is 0 Å². The highest BCUT2D eigenvalue weighted by molar-refractivity contribution is 7.91. The van der Waals surface area contributed by atoms with Crippen LogP contribution in [0.4, 0.5) is 0 Å². The first-order valence-electron chi connectivity index (χ1n) is 5.71. The van der Waals surface area contributed by atoms with Gasteiger partial charge in [0.15, 0.2) is 9.84 Å². The van der Waals surface area contributed by atoms with E-state index in [9.17, 15) is 13.2 Å². The minimum atomic E-state index is -2.93. The summed E-state index contributed by atoms with van der Waals surface area (Å²) in [6.07, 6.45) is 0.0893. The molecule has 1 amide bonds. The second-order valence-corrected chi connectivity index (χ2v) is 6.91. The molecular weight excluding hydrogens is 244 g/mol. The predicted molar refractivity (Wildman–Crippen MR) is 64.0 cm³/mol. The first kappa shape index (κ1) is 14.4. The van der Waals surface area contributed by atoms with Crippen molar-refractivity contribution in [3.8, 4) is 0 Å². The van der Waals surface area contributed by atoms with E-state index in [1.54, 1.807) is 6.92 Å². The Kier molecular flexibility index (Phi) is 4.91. The molecule has 1 rings (SSSR count). The van der Waals surface area contributed by atoms with Crippen LogP contribution in [0.3, 0.4) is 0 Å². The second kappa shape index (κ2) is 5.79. The highest BCUT2D eigenvalue weighted by Crippen LogP contribution is 2.21. The van der Waals surface area contributed by atoms with Crippen molar-refractivity contribution < 1.29 is 18.3 Å². The monoisotopic (exact) mass is 264 g/mol. The number of rotatable bonds is 5. The van der Waals surface area contributed by atoms with Crippen LogP contribution >= 0.6 is 0 Å². The van der Waals surface area contributed by atoms with Crippen molar-refractivity contribution >= 4 is 15.7 Å². The minimum Gasteiger partial charge on any atom is -0.392 e. The van der Waals surface area contributed by atoms with Gasteiger partial charge in [0.2, 0.25) is 5.91 Å². The minimum absolute atomic E-state index is 0.0808. The molecule has 1 fully saturated rings. The third kappa shape index (κ3) is 5.01. The van der Waals surface area contributed by atoms with Crippen molar-refractivity contribution in [2.24, 2.45) is 11.7 Å². The maximum Gasteiger partial charge on any atom is 0.220 e. The molecule has 1 saturated heterocycles. The molecule has 3 atom stereocenters. The van der Waals surface area contributed by atoms with Gasteiger partial charge in [-0.05, 0) is 19.3 Å². The van der Waals surface area contributed by atoms with Crippen LogP contribution in [0.25, 0.3) is 0 Å². The second-order valence-electron chi connectivity index (χ2n) is 4.68. The van der Waals surface area contributed by atoms with E-state index in [0.29, 0.717) is 6.42 Å². The fraction of sp³-hybridized carbons (Fsp3) is 0.900. The SMILES string of the molecule is CC(O)C(N)CNC(=O)CC1CCS(=O)(=O)C1. The van der Waals surface area contributed by atoms with E-state index in [-0.39, 0.29) is 36.3 Å². The summed E-state index contributed by atoms with van der Waals surface area (Å²) in [5.74, 6) is -0.00735. The number of nitrogens with two attached hydrogens (primary N) is 1. The zero-order chi connectivity index (χ0) is 13.1. The zero-order valence-corrected chi connectivity index (χ0v) is 10.7. The molecule has 100 valence electrons. The molecule has 0 aromatic carbocycles. The quantitative estimate of drug-likeness (QED) is 0.568. The molecule has 17 heavy (non-hydrogen) atoms. The summed E-state index contributed by atoms with van der Waals surface area (Å²) in [5.41, 5.74) is 5.56. The first-order valence-corrected chi connectivity index (χ1v) is 7.53. The number of nitrogens with one attached hydrogen (secondary N) is 1. The van der Waals surface area contributed by atoms with Gasteiger partial charge in [0, 0.05) is 19.0 Å². The molecule has 0 saturated carbocycles. The average Bonchev–Trinajstić information content (AvgIpc) is 2.54. The Bertz CT molecular complexity index is 367. The van der Waals surface area contributed by atoms with Crippen molar-refractivity contribution in [2.75, 3.05) is 18.1 Å². The Labute approximate surface area is 101 Å². The van der Waals surface area contributed by atoms with E-state index in [1.165, 1.54) is 0 Å². The Morgan fingerprint density at radius 3 is 2.71 bits per heavy atom. The van der Waals surface area contributed by atoms with Gasteiger partial charge < -0.3 is 16.2 Å². The van der Waals surface area contributed by atoms with Gasteiger partial charge >= 0.3 is 0 Å². The van der Waals surface area contributed by atoms with Crippen LogP contribution in [0, 0.1) is 5.92 Å². The molecule has 0 aliphatic carbocycles. The van der Waals surface area contributed by atoms with Gasteiger partial charge in [-0.15, -0.1) is 0 Å². The smallest absolute Gasteiger partial charge is 0.220 e. The lowest BCUT2D eigenvalue weighted by molar-refractivity contribution is -0.122. The van der Waals surface area contributed by atoms with E-state index in [2.05, 4.69) is 5.32 Å². The zero-order valence-electron chi connectivity index (χ0n) is 9.93. The Balaban J connectivity index is 2.27. The lowest BCUT2D eigenvalue weighted by Crippen LogP contribution is -2.44. The number of aliphatic hydroxyl groups is 1. The molecule has 0 radical (unpaired) electrons. The molecule has 0 aromatic rings. The summed E-state index contributed by atoms with van der Waals surface area (Å²) in [4.78, 5) is 11.5.